The molecule has 2 amide bonds. The summed E-state index contributed by atoms with van der Waals surface area (Å²) < 4.78 is 10.5. The van der Waals surface area contributed by atoms with Crippen molar-refractivity contribution in [1.29, 1.82) is 0 Å². The molecule has 1 saturated heterocycles. The number of benzene rings is 2. The molecule has 44 heavy (non-hydrogen) atoms. The Labute approximate surface area is 266 Å². The van der Waals surface area contributed by atoms with E-state index in [2.05, 4.69) is 44.0 Å². The van der Waals surface area contributed by atoms with Gasteiger partial charge >= 0.3 is 12.2 Å². The van der Waals surface area contributed by atoms with Gasteiger partial charge in [0.05, 0.1) is 49.7 Å². The third-order valence-corrected chi connectivity index (χ3v) is 9.36. The molecular weight excluding hydrogens is 597 g/mol. The zero-order valence-electron chi connectivity index (χ0n) is 25.0. The summed E-state index contributed by atoms with van der Waals surface area (Å²) in [5.41, 5.74) is 5.78. The Morgan fingerprint density at radius 2 is 1.09 bits per heavy atom. The van der Waals surface area contributed by atoms with Crippen LogP contribution in [0.15, 0.2) is 84.1 Å². The maximum Gasteiger partial charge on any atom is 0.415 e. The van der Waals surface area contributed by atoms with E-state index in [-0.39, 0.29) is 24.3 Å². The van der Waals surface area contributed by atoms with Crippen molar-refractivity contribution >= 4 is 44.9 Å². The Balaban J connectivity index is 1.30. The van der Waals surface area contributed by atoms with E-state index in [1.807, 2.05) is 36.4 Å². The molecule has 232 valence electrons. The fourth-order valence-corrected chi connectivity index (χ4v) is 7.07. The Kier molecular flexibility index (Phi) is 11.3. The number of anilines is 2. The van der Waals surface area contributed by atoms with Crippen molar-refractivity contribution in [2.45, 2.75) is 24.9 Å². The molecule has 0 saturated carbocycles. The van der Waals surface area contributed by atoms with Gasteiger partial charge in [-0.15, -0.1) is 22.7 Å². The minimum absolute atomic E-state index is 0.135. The van der Waals surface area contributed by atoms with Crippen LogP contribution in [0.5, 0.6) is 0 Å². The molecule has 1 aliphatic heterocycles. The number of hydrogen-bond donors (Lipinski definition) is 0. The number of amides is 2. The van der Waals surface area contributed by atoms with E-state index in [0.29, 0.717) is 25.9 Å². The predicted molar refractivity (Wildman–Crippen MR) is 175 cm³/mol. The van der Waals surface area contributed by atoms with E-state index in [0.717, 1.165) is 47.3 Å². The zero-order chi connectivity index (χ0) is 30.7. The van der Waals surface area contributed by atoms with Crippen molar-refractivity contribution in [2.24, 2.45) is 0 Å². The monoisotopic (exact) mass is 634 g/mol. The topological polar surface area (TPSA) is 91.3 Å². The number of carbonyl (C=O) groups excluding carboxylic acids is 2. The highest BCUT2D eigenvalue weighted by molar-refractivity contribution is 7.14. The van der Waals surface area contributed by atoms with Gasteiger partial charge in [0.1, 0.15) is 10.0 Å². The molecule has 5 rings (SSSR count). The average Bonchev–Trinajstić information content (AvgIpc) is 3.79. The number of thiazole rings is 2. The van der Waals surface area contributed by atoms with Gasteiger partial charge in [-0.3, -0.25) is 29.6 Å². The average molecular weight is 635 g/mol. The third-order valence-electron chi connectivity index (χ3n) is 7.82. The van der Waals surface area contributed by atoms with Crippen LogP contribution in [0.2, 0.25) is 0 Å². The first-order valence-corrected chi connectivity index (χ1v) is 16.4. The van der Waals surface area contributed by atoms with Crippen LogP contribution in [0.3, 0.4) is 0 Å². The second kappa shape index (κ2) is 15.8. The Hall–Kier alpha value is -3.84. The van der Waals surface area contributed by atoms with E-state index in [4.69, 9.17) is 9.47 Å². The van der Waals surface area contributed by atoms with Crippen LogP contribution in [0.4, 0.5) is 19.6 Å². The van der Waals surface area contributed by atoms with Crippen molar-refractivity contribution in [2.75, 3.05) is 63.3 Å². The molecule has 0 aliphatic carbocycles. The van der Waals surface area contributed by atoms with Gasteiger partial charge in [0, 0.05) is 39.3 Å². The molecule has 10 nitrogen and oxygen atoms in total. The lowest BCUT2D eigenvalue weighted by molar-refractivity contribution is 0.116. The summed E-state index contributed by atoms with van der Waals surface area (Å²) in [6.07, 6.45) is 4.06. The summed E-state index contributed by atoms with van der Waals surface area (Å²) >= 11 is 2.86. The molecule has 0 bridgehead atoms. The minimum Gasteiger partial charge on any atom is -0.452 e. The number of aromatic nitrogens is 2. The van der Waals surface area contributed by atoms with E-state index in [1.165, 1.54) is 36.9 Å². The van der Waals surface area contributed by atoms with Crippen molar-refractivity contribution in [3.63, 3.8) is 0 Å². The Morgan fingerprint density at radius 1 is 0.705 bits per heavy atom. The van der Waals surface area contributed by atoms with Gasteiger partial charge in [-0.2, -0.15) is 0 Å². The van der Waals surface area contributed by atoms with Crippen LogP contribution in [-0.2, 0) is 22.3 Å². The molecule has 2 unspecified atom stereocenters. The minimum atomic E-state index is -0.386. The summed E-state index contributed by atoms with van der Waals surface area (Å²) in [6, 6.07) is 20.2. The summed E-state index contributed by atoms with van der Waals surface area (Å²) in [4.78, 5) is 42.9. The van der Waals surface area contributed by atoms with E-state index >= 15 is 0 Å². The second-order valence-corrected chi connectivity index (χ2v) is 12.4. The van der Waals surface area contributed by atoms with Crippen LogP contribution < -0.4 is 9.80 Å². The standard InChI is InChI=1S/C32H38N6O4S2/c1-41-31(39)37(29-19-33-23-43-29)27(17-25-9-5-3-6-10-25)21-35-13-15-36(16-14-35)22-28(18-26-11-7-4-8-12-26)38(32(40)42-2)30-20-34-24-44-30/h3-12,19-20,23-24,27-28H,13-18,21-22H2,1-2H3. The van der Waals surface area contributed by atoms with Crippen molar-refractivity contribution in [3.05, 3.63) is 95.2 Å². The van der Waals surface area contributed by atoms with Gasteiger partial charge < -0.3 is 9.47 Å². The maximum absolute atomic E-state index is 13.1. The number of methoxy groups -OCH3 is 2. The molecule has 1 fully saturated rings. The first kappa shape index (κ1) is 31.6. The molecule has 0 spiro atoms. The lowest BCUT2D eigenvalue weighted by Gasteiger charge is -2.41. The normalized spacial score (nSPS) is 15.3. The van der Waals surface area contributed by atoms with Crippen LogP contribution in [-0.4, -0.2) is 97.5 Å². The smallest absolute Gasteiger partial charge is 0.415 e. The Morgan fingerprint density at radius 3 is 1.41 bits per heavy atom. The molecule has 0 N–H and O–H groups in total. The van der Waals surface area contributed by atoms with Crippen LogP contribution in [0.1, 0.15) is 11.1 Å². The summed E-state index contributed by atoms with van der Waals surface area (Å²) in [6.45, 7) is 4.72. The molecule has 12 heteroatoms. The highest BCUT2D eigenvalue weighted by atomic mass is 32.1. The predicted octanol–water partition coefficient (Wildman–Crippen LogP) is 5.29. The van der Waals surface area contributed by atoms with Crippen molar-refractivity contribution in [1.82, 2.24) is 19.8 Å². The first-order valence-electron chi connectivity index (χ1n) is 14.6. The van der Waals surface area contributed by atoms with Gasteiger partial charge in [0.25, 0.3) is 0 Å². The summed E-state index contributed by atoms with van der Waals surface area (Å²) in [5, 5.41) is 1.54. The highest BCUT2D eigenvalue weighted by Crippen LogP contribution is 2.27. The molecule has 4 aromatic rings. The number of rotatable bonds is 12. The fourth-order valence-electron chi connectivity index (χ4n) is 5.69. The van der Waals surface area contributed by atoms with E-state index in [9.17, 15) is 9.59 Å². The molecular formula is C32H38N6O4S2. The van der Waals surface area contributed by atoms with Crippen LogP contribution in [0, 0.1) is 0 Å². The fraction of sp³-hybridized carbons (Fsp3) is 0.375. The number of nitrogens with zero attached hydrogens (tertiary/aromatic N) is 6. The Bertz CT molecular complexity index is 1310. The second-order valence-electron chi connectivity index (χ2n) is 10.6. The van der Waals surface area contributed by atoms with Crippen LogP contribution >= 0.6 is 22.7 Å². The summed E-state index contributed by atoms with van der Waals surface area (Å²) in [5.74, 6) is 0. The van der Waals surface area contributed by atoms with Crippen molar-refractivity contribution < 1.29 is 19.1 Å². The SMILES string of the molecule is COC(=O)N(c1cncs1)C(Cc1ccccc1)CN1CCN(CC(Cc2ccccc2)N(C(=O)OC)c2cncs2)CC1. The first-order chi connectivity index (χ1) is 21.6. The van der Waals surface area contributed by atoms with Gasteiger partial charge in [-0.25, -0.2) is 9.59 Å². The highest BCUT2D eigenvalue weighted by Gasteiger charge is 2.33. The molecule has 2 aromatic heterocycles. The lowest BCUT2D eigenvalue weighted by Crippen LogP contribution is -2.56. The largest absolute Gasteiger partial charge is 0.452 e. The van der Waals surface area contributed by atoms with Gasteiger partial charge in [0.15, 0.2) is 0 Å². The molecule has 0 radical (unpaired) electrons. The molecule has 3 heterocycles. The molecule has 1 aliphatic rings. The van der Waals surface area contributed by atoms with Gasteiger partial charge in [0.2, 0.25) is 0 Å². The maximum atomic E-state index is 13.1. The van der Waals surface area contributed by atoms with E-state index in [1.54, 1.807) is 33.2 Å². The number of carbonyl (C=O) groups is 2. The van der Waals surface area contributed by atoms with Gasteiger partial charge in [-0.05, 0) is 24.0 Å². The summed E-state index contributed by atoms with van der Waals surface area (Å²) in [7, 11) is 2.84. The van der Waals surface area contributed by atoms with Gasteiger partial charge in [-0.1, -0.05) is 60.7 Å². The van der Waals surface area contributed by atoms with E-state index < -0.39 is 0 Å². The zero-order valence-corrected chi connectivity index (χ0v) is 26.7. The number of piperazine rings is 1. The number of hydrogen-bond acceptors (Lipinski definition) is 10. The van der Waals surface area contributed by atoms with Crippen molar-refractivity contribution in [3.8, 4) is 0 Å². The third kappa shape index (κ3) is 8.20. The quantitative estimate of drug-likeness (QED) is 0.208. The molecule has 2 aromatic carbocycles. The van der Waals surface area contributed by atoms with Crippen LogP contribution in [0.25, 0.3) is 0 Å². The molecule has 2 atom stereocenters. The number of ether oxygens (including phenoxy) is 2. The lowest BCUT2D eigenvalue weighted by atomic mass is 10.0.